The fourth-order valence-electron chi connectivity index (χ4n) is 2.57. The Morgan fingerprint density at radius 1 is 1.36 bits per heavy atom. The van der Waals surface area contributed by atoms with E-state index in [0.29, 0.717) is 5.56 Å². The van der Waals surface area contributed by atoms with E-state index in [-0.39, 0.29) is 11.9 Å². The molecular formula is C18H27N3O. The van der Waals surface area contributed by atoms with E-state index in [9.17, 15) is 4.79 Å². The molecule has 4 nitrogen and oxygen atoms in total. The molecule has 0 saturated heterocycles. The van der Waals surface area contributed by atoms with Gasteiger partial charge in [-0.3, -0.25) is 9.78 Å². The Labute approximate surface area is 133 Å². The van der Waals surface area contributed by atoms with Gasteiger partial charge in [-0.25, -0.2) is 0 Å². The molecule has 120 valence electrons. The number of allylic oxidation sites excluding steroid dienone is 1. The molecular weight excluding hydrogens is 274 g/mol. The van der Waals surface area contributed by atoms with Crippen LogP contribution in [0.1, 0.15) is 62.7 Å². The van der Waals surface area contributed by atoms with Crippen molar-refractivity contribution >= 4 is 11.6 Å². The Kier molecular flexibility index (Phi) is 6.44. The molecule has 2 rings (SSSR count). The lowest BCUT2D eigenvalue weighted by atomic mass is 9.97. The van der Waals surface area contributed by atoms with E-state index < -0.39 is 0 Å². The molecule has 0 spiro atoms. The number of carbonyl (C=O) groups excluding carboxylic acids is 1. The number of hydrogen-bond donors (Lipinski definition) is 2. The molecule has 1 unspecified atom stereocenters. The average molecular weight is 301 g/mol. The van der Waals surface area contributed by atoms with Gasteiger partial charge in [0, 0.05) is 25.0 Å². The van der Waals surface area contributed by atoms with Crippen LogP contribution in [0.2, 0.25) is 0 Å². The van der Waals surface area contributed by atoms with Crippen LogP contribution < -0.4 is 10.6 Å². The summed E-state index contributed by atoms with van der Waals surface area (Å²) in [4.78, 5) is 16.3. The van der Waals surface area contributed by atoms with Gasteiger partial charge in [0.15, 0.2) is 0 Å². The van der Waals surface area contributed by atoms with Crippen LogP contribution in [-0.4, -0.2) is 23.5 Å². The van der Waals surface area contributed by atoms with Gasteiger partial charge in [0.2, 0.25) is 0 Å². The fraction of sp³-hybridized carbons (Fsp3) is 0.556. The Bertz CT molecular complexity index is 525. The van der Waals surface area contributed by atoms with Crippen molar-refractivity contribution in [1.29, 1.82) is 0 Å². The lowest BCUT2D eigenvalue weighted by Crippen LogP contribution is -2.32. The van der Waals surface area contributed by atoms with E-state index >= 15 is 0 Å². The Balaban J connectivity index is 1.85. The van der Waals surface area contributed by atoms with Crippen molar-refractivity contribution < 1.29 is 4.79 Å². The van der Waals surface area contributed by atoms with Gasteiger partial charge in [0.25, 0.3) is 5.91 Å². The highest BCUT2D eigenvalue weighted by atomic mass is 16.1. The molecule has 0 radical (unpaired) electrons. The second-order valence-electron chi connectivity index (χ2n) is 6.03. The largest absolute Gasteiger partial charge is 0.383 e. The van der Waals surface area contributed by atoms with Crippen molar-refractivity contribution in [2.75, 3.05) is 11.9 Å². The lowest BCUT2D eigenvalue weighted by molar-refractivity contribution is 0.0939. The zero-order valence-electron chi connectivity index (χ0n) is 13.7. The smallest absolute Gasteiger partial charge is 0.253 e. The Hall–Kier alpha value is -1.84. The van der Waals surface area contributed by atoms with Crippen LogP contribution in [-0.2, 0) is 0 Å². The number of pyridine rings is 1. The number of aromatic nitrogens is 1. The quantitative estimate of drug-likeness (QED) is 0.751. The first-order valence-electron chi connectivity index (χ1n) is 8.36. The topological polar surface area (TPSA) is 54.0 Å². The van der Waals surface area contributed by atoms with Crippen molar-refractivity contribution in [3.63, 3.8) is 0 Å². The standard InChI is InChI=1S/C18H27N3O/c1-3-14(2)21-18(22)16-11-17(13-19-12-16)20-10-9-15-7-5-4-6-8-15/h7,11-14,20H,3-6,8-10H2,1-2H3,(H,21,22). The second-order valence-corrected chi connectivity index (χ2v) is 6.03. The van der Waals surface area contributed by atoms with Crippen LogP contribution in [0, 0.1) is 0 Å². The van der Waals surface area contributed by atoms with E-state index in [1.807, 2.05) is 13.0 Å². The van der Waals surface area contributed by atoms with E-state index in [4.69, 9.17) is 0 Å². The SMILES string of the molecule is CCC(C)NC(=O)c1cncc(NCCC2=CCCCC2)c1. The minimum Gasteiger partial charge on any atom is -0.383 e. The summed E-state index contributed by atoms with van der Waals surface area (Å²) in [5.74, 6) is -0.0551. The van der Waals surface area contributed by atoms with E-state index in [0.717, 1.165) is 25.1 Å². The third-order valence-corrected chi connectivity index (χ3v) is 4.15. The van der Waals surface area contributed by atoms with E-state index in [1.165, 1.54) is 25.7 Å². The molecule has 1 aromatic rings. The summed E-state index contributed by atoms with van der Waals surface area (Å²) in [5, 5.41) is 6.34. The third kappa shape index (κ3) is 5.17. The van der Waals surface area contributed by atoms with Gasteiger partial charge in [-0.05, 0) is 51.5 Å². The number of hydrogen-bond acceptors (Lipinski definition) is 3. The summed E-state index contributed by atoms with van der Waals surface area (Å²) < 4.78 is 0. The monoisotopic (exact) mass is 301 g/mol. The van der Waals surface area contributed by atoms with Crippen LogP contribution in [0.5, 0.6) is 0 Å². The molecule has 0 saturated carbocycles. The number of rotatable bonds is 7. The van der Waals surface area contributed by atoms with Crippen molar-refractivity contribution in [2.45, 2.75) is 58.4 Å². The normalized spacial score (nSPS) is 15.8. The van der Waals surface area contributed by atoms with E-state index in [1.54, 1.807) is 18.0 Å². The second kappa shape index (κ2) is 8.57. The highest BCUT2D eigenvalue weighted by Crippen LogP contribution is 2.20. The minimum absolute atomic E-state index is 0.0551. The number of anilines is 1. The molecule has 0 bridgehead atoms. The highest BCUT2D eigenvalue weighted by Gasteiger charge is 2.09. The van der Waals surface area contributed by atoms with Crippen molar-refractivity contribution in [2.24, 2.45) is 0 Å². The highest BCUT2D eigenvalue weighted by molar-refractivity contribution is 5.94. The molecule has 0 fully saturated rings. The molecule has 4 heteroatoms. The van der Waals surface area contributed by atoms with Gasteiger partial charge in [0.05, 0.1) is 11.3 Å². The number of amides is 1. The van der Waals surface area contributed by atoms with Crippen LogP contribution in [0.25, 0.3) is 0 Å². The predicted octanol–water partition coefficient (Wildman–Crippen LogP) is 3.91. The molecule has 0 aliphatic heterocycles. The fourth-order valence-corrected chi connectivity index (χ4v) is 2.57. The molecule has 1 aromatic heterocycles. The first kappa shape index (κ1) is 16.5. The van der Waals surface area contributed by atoms with Gasteiger partial charge >= 0.3 is 0 Å². The molecule has 1 aliphatic carbocycles. The molecule has 22 heavy (non-hydrogen) atoms. The third-order valence-electron chi connectivity index (χ3n) is 4.15. The van der Waals surface area contributed by atoms with Crippen LogP contribution in [0.4, 0.5) is 5.69 Å². The van der Waals surface area contributed by atoms with Crippen LogP contribution in [0.15, 0.2) is 30.1 Å². The summed E-state index contributed by atoms with van der Waals surface area (Å²) in [6, 6.07) is 2.06. The maximum atomic E-state index is 12.1. The van der Waals surface area contributed by atoms with Gasteiger partial charge in [0.1, 0.15) is 0 Å². The summed E-state index contributed by atoms with van der Waals surface area (Å²) >= 11 is 0. The zero-order chi connectivity index (χ0) is 15.8. The van der Waals surface area contributed by atoms with Gasteiger partial charge in [-0.1, -0.05) is 18.6 Å². The average Bonchev–Trinajstić information content (AvgIpc) is 2.56. The summed E-state index contributed by atoms with van der Waals surface area (Å²) in [5.41, 5.74) is 3.08. The van der Waals surface area contributed by atoms with Crippen molar-refractivity contribution in [3.8, 4) is 0 Å². The first-order valence-corrected chi connectivity index (χ1v) is 8.36. The maximum Gasteiger partial charge on any atom is 0.253 e. The van der Waals surface area contributed by atoms with Gasteiger partial charge < -0.3 is 10.6 Å². The van der Waals surface area contributed by atoms with Crippen LogP contribution >= 0.6 is 0 Å². The molecule has 0 aromatic carbocycles. The Morgan fingerprint density at radius 2 is 2.23 bits per heavy atom. The number of carbonyl (C=O) groups is 1. The van der Waals surface area contributed by atoms with Crippen molar-refractivity contribution in [3.05, 3.63) is 35.7 Å². The molecule has 1 aliphatic rings. The molecule has 1 amide bonds. The maximum absolute atomic E-state index is 12.1. The van der Waals surface area contributed by atoms with Crippen molar-refractivity contribution in [1.82, 2.24) is 10.3 Å². The minimum atomic E-state index is -0.0551. The zero-order valence-corrected chi connectivity index (χ0v) is 13.7. The molecule has 1 atom stereocenters. The predicted molar refractivity (Wildman–Crippen MR) is 91.1 cm³/mol. The number of nitrogens with one attached hydrogen (secondary N) is 2. The summed E-state index contributed by atoms with van der Waals surface area (Å²) in [6.07, 6.45) is 12.9. The molecule has 2 N–H and O–H groups in total. The van der Waals surface area contributed by atoms with Crippen LogP contribution in [0.3, 0.4) is 0 Å². The summed E-state index contributed by atoms with van der Waals surface area (Å²) in [7, 11) is 0. The first-order chi connectivity index (χ1) is 10.7. The van der Waals surface area contributed by atoms with Gasteiger partial charge in [-0.2, -0.15) is 0 Å². The number of nitrogens with zero attached hydrogens (tertiary/aromatic N) is 1. The van der Waals surface area contributed by atoms with Gasteiger partial charge in [-0.15, -0.1) is 0 Å². The lowest BCUT2D eigenvalue weighted by Gasteiger charge is -2.14. The summed E-state index contributed by atoms with van der Waals surface area (Å²) in [6.45, 7) is 4.95. The Morgan fingerprint density at radius 3 is 2.95 bits per heavy atom. The van der Waals surface area contributed by atoms with E-state index in [2.05, 4.69) is 28.6 Å². The molecule has 1 heterocycles.